The summed E-state index contributed by atoms with van der Waals surface area (Å²) in [4.78, 5) is 62.2. The summed E-state index contributed by atoms with van der Waals surface area (Å²) in [6.45, 7) is 27.2. The van der Waals surface area contributed by atoms with E-state index in [2.05, 4.69) is 82.4 Å². The molecule has 0 radical (unpaired) electrons. The summed E-state index contributed by atoms with van der Waals surface area (Å²) in [7, 11) is 0. The summed E-state index contributed by atoms with van der Waals surface area (Å²) in [5.41, 5.74) is 0. The van der Waals surface area contributed by atoms with E-state index in [1.54, 1.807) is 0 Å². The Kier molecular flexibility index (Phi) is 62.9. The minimum atomic E-state index is 0.126. The first kappa shape index (κ1) is 79.7. The molecule has 82 heavy (non-hydrogen) atoms. The fraction of sp³-hybridized carbons (Fsp3) is 0.943. The second kappa shape index (κ2) is 64.7. The highest BCUT2D eigenvalue weighted by atomic mass is 16.2. The van der Waals surface area contributed by atoms with Crippen LogP contribution in [0.5, 0.6) is 0 Å². The van der Waals surface area contributed by atoms with Crippen molar-refractivity contribution in [1.29, 1.82) is 0 Å². The molecule has 4 amide bonds. The number of rotatable bonds is 67. The van der Waals surface area contributed by atoms with Crippen LogP contribution in [0, 0.1) is 0 Å². The van der Waals surface area contributed by atoms with Gasteiger partial charge in [-0.15, -0.1) is 0 Å². The first-order valence-corrected chi connectivity index (χ1v) is 36.2. The average Bonchev–Trinajstić information content (AvgIpc) is 3.47. The molecule has 0 aromatic rings. The first-order chi connectivity index (χ1) is 40.2. The molecule has 0 saturated carbocycles. The second-order valence-corrected chi connectivity index (χ2v) is 24.8. The topological polar surface area (TPSA) is 129 Å². The Hall–Kier alpha value is -2.28. The Morgan fingerprint density at radius 2 is 0.378 bits per heavy atom. The SMILES string of the molecule is CCCCCCCCCCCNC(=O)CCN(CCCN(CCC)CCN(CCC)CCCN(CCC(=O)NCCCCCCCCCCC)CCC(=O)NCCCCCCCCCCC)CCC(=O)NCCCCCCCCCCC. The highest BCUT2D eigenvalue weighted by molar-refractivity contribution is 5.77. The lowest BCUT2D eigenvalue weighted by Gasteiger charge is -2.29. The minimum Gasteiger partial charge on any atom is -0.356 e. The summed E-state index contributed by atoms with van der Waals surface area (Å²) in [5.74, 6) is 0.505. The number of hydrogen-bond acceptors (Lipinski definition) is 8. The standard InChI is InChI=1S/C70H142N8O4/c1-7-13-17-21-25-29-33-37-41-51-71-67(79)47-61-77(62-48-68(80)72-52-42-38-34-30-26-22-18-14-8-2)59-45-57-75(55-11-5)65-66-76(56-12-6)58-46-60-78(63-49-69(81)73-53-43-39-35-31-27-23-19-15-9-3)64-50-70(82)74-54-44-40-36-32-28-24-20-16-10-4/h7-66H2,1-6H3,(H,71,79)(H,72,80)(H,73,81)(H,74,82). The molecule has 0 aliphatic rings. The molecular weight excluding hydrogens is 1020 g/mol. The van der Waals surface area contributed by atoms with Gasteiger partial charge in [0.05, 0.1) is 0 Å². The molecule has 0 heterocycles. The van der Waals surface area contributed by atoms with E-state index >= 15 is 0 Å². The van der Waals surface area contributed by atoms with E-state index in [1.807, 2.05) is 0 Å². The molecule has 0 aromatic heterocycles. The third kappa shape index (κ3) is 58.1. The van der Waals surface area contributed by atoms with Crippen LogP contribution in [-0.2, 0) is 19.2 Å². The third-order valence-electron chi connectivity index (χ3n) is 16.7. The van der Waals surface area contributed by atoms with Gasteiger partial charge >= 0.3 is 0 Å². The Morgan fingerprint density at radius 1 is 0.195 bits per heavy atom. The van der Waals surface area contributed by atoms with E-state index in [-0.39, 0.29) is 23.6 Å². The summed E-state index contributed by atoms with van der Waals surface area (Å²) < 4.78 is 0. The summed E-state index contributed by atoms with van der Waals surface area (Å²) in [6.07, 6.45) is 52.0. The second-order valence-electron chi connectivity index (χ2n) is 24.8. The lowest BCUT2D eigenvalue weighted by Crippen LogP contribution is -2.40. The zero-order valence-corrected chi connectivity index (χ0v) is 55.8. The molecule has 0 unspecified atom stereocenters. The Bertz CT molecular complexity index is 1190. The van der Waals surface area contributed by atoms with E-state index in [0.29, 0.717) is 51.9 Å². The zero-order chi connectivity index (χ0) is 59.9. The Balaban J connectivity index is 5.33. The number of carbonyl (C=O) groups is 4. The molecule has 4 N–H and O–H groups in total. The van der Waals surface area contributed by atoms with Gasteiger partial charge in [0.25, 0.3) is 0 Å². The number of amides is 4. The van der Waals surface area contributed by atoms with Crippen molar-refractivity contribution in [2.24, 2.45) is 0 Å². The maximum Gasteiger partial charge on any atom is 0.221 e. The molecule has 12 nitrogen and oxygen atoms in total. The van der Waals surface area contributed by atoms with Crippen molar-refractivity contribution in [2.45, 2.75) is 324 Å². The zero-order valence-electron chi connectivity index (χ0n) is 55.8. The Labute approximate surface area is 510 Å². The molecule has 0 bridgehead atoms. The van der Waals surface area contributed by atoms with Crippen LogP contribution in [0.4, 0.5) is 0 Å². The maximum absolute atomic E-state index is 13.1. The summed E-state index contributed by atoms with van der Waals surface area (Å²) in [6, 6.07) is 0. The van der Waals surface area contributed by atoms with Crippen LogP contribution in [0.2, 0.25) is 0 Å². The van der Waals surface area contributed by atoms with Crippen LogP contribution < -0.4 is 21.3 Å². The van der Waals surface area contributed by atoms with Crippen molar-refractivity contribution in [1.82, 2.24) is 40.9 Å². The molecule has 0 aliphatic heterocycles. The van der Waals surface area contributed by atoms with Crippen molar-refractivity contribution in [3.8, 4) is 0 Å². The van der Waals surface area contributed by atoms with Gasteiger partial charge in [-0.1, -0.05) is 247 Å². The predicted octanol–water partition coefficient (Wildman–Crippen LogP) is 15.9. The molecule has 0 aliphatic carbocycles. The van der Waals surface area contributed by atoms with Crippen LogP contribution in [0.3, 0.4) is 0 Å². The van der Waals surface area contributed by atoms with Gasteiger partial charge in [-0.05, 0) is 90.6 Å². The molecular formula is C70H142N8O4. The van der Waals surface area contributed by atoms with E-state index < -0.39 is 0 Å². The predicted molar refractivity (Wildman–Crippen MR) is 355 cm³/mol. The number of hydrogen-bond donors (Lipinski definition) is 4. The lowest BCUT2D eigenvalue weighted by molar-refractivity contribution is -0.123. The molecule has 0 aromatic carbocycles. The van der Waals surface area contributed by atoms with Gasteiger partial charge in [0.2, 0.25) is 23.6 Å². The number of nitrogens with one attached hydrogen (secondary N) is 4. The van der Waals surface area contributed by atoms with Crippen LogP contribution in [0.25, 0.3) is 0 Å². The van der Waals surface area contributed by atoms with Crippen LogP contribution in [-0.4, -0.2) is 148 Å². The highest BCUT2D eigenvalue weighted by Crippen LogP contribution is 2.14. The fourth-order valence-corrected chi connectivity index (χ4v) is 11.3. The molecule has 0 rings (SSSR count). The minimum absolute atomic E-state index is 0.126. The van der Waals surface area contributed by atoms with Crippen molar-refractivity contribution in [2.75, 3.05) is 105 Å². The van der Waals surface area contributed by atoms with Crippen molar-refractivity contribution in [3.05, 3.63) is 0 Å². The fourth-order valence-electron chi connectivity index (χ4n) is 11.3. The van der Waals surface area contributed by atoms with E-state index in [1.165, 1.54) is 205 Å². The van der Waals surface area contributed by atoms with Crippen LogP contribution in [0.1, 0.15) is 324 Å². The molecule has 0 spiro atoms. The van der Waals surface area contributed by atoms with Crippen LogP contribution >= 0.6 is 0 Å². The average molecular weight is 1160 g/mol. The summed E-state index contributed by atoms with van der Waals surface area (Å²) in [5, 5.41) is 12.8. The van der Waals surface area contributed by atoms with Gasteiger partial charge in [0, 0.05) is 91.1 Å². The van der Waals surface area contributed by atoms with Gasteiger partial charge in [0.15, 0.2) is 0 Å². The van der Waals surface area contributed by atoms with Crippen molar-refractivity contribution >= 4 is 23.6 Å². The summed E-state index contributed by atoms with van der Waals surface area (Å²) >= 11 is 0. The number of carbonyl (C=O) groups excluding carboxylic acids is 4. The quantitative estimate of drug-likeness (QED) is 0.0443. The van der Waals surface area contributed by atoms with Gasteiger partial charge in [0.1, 0.15) is 0 Å². The van der Waals surface area contributed by atoms with E-state index in [0.717, 1.165) is 130 Å². The molecule has 12 heteroatoms. The van der Waals surface area contributed by atoms with E-state index in [4.69, 9.17) is 0 Å². The Morgan fingerprint density at radius 3 is 0.573 bits per heavy atom. The lowest BCUT2D eigenvalue weighted by atomic mass is 10.1. The molecule has 0 atom stereocenters. The smallest absolute Gasteiger partial charge is 0.221 e. The third-order valence-corrected chi connectivity index (χ3v) is 16.7. The first-order valence-electron chi connectivity index (χ1n) is 36.2. The van der Waals surface area contributed by atoms with Crippen molar-refractivity contribution in [3.63, 3.8) is 0 Å². The monoisotopic (exact) mass is 1160 g/mol. The normalized spacial score (nSPS) is 11.7. The van der Waals surface area contributed by atoms with Gasteiger partial charge in [-0.3, -0.25) is 19.2 Å². The molecule has 0 saturated heterocycles. The highest BCUT2D eigenvalue weighted by Gasteiger charge is 2.16. The van der Waals surface area contributed by atoms with E-state index in [9.17, 15) is 19.2 Å². The van der Waals surface area contributed by atoms with Gasteiger partial charge in [-0.2, -0.15) is 0 Å². The molecule has 486 valence electrons. The number of nitrogens with zero attached hydrogens (tertiary/aromatic N) is 4. The largest absolute Gasteiger partial charge is 0.356 e. The van der Waals surface area contributed by atoms with Crippen molar-refractivity contribution < 1.29 is 19.2 Å². The van der Waals surface area contributed by atoms with Crippen LogP contribution in [0.15, 0.2) is 0 Å². The molecule has 0 fully saturated rings. The number of unbranched alkanes of at least 4 members (excludes halogenated alkanes) is 32. The maximum atomic E-state index is 13.1. The van der Waals surface area contributed by atoms with Gasteiger partial charge in [-0.25, -0.2) is 0 Å². The van der Waals surface area contributed by atoms with Gasteiger partial charge < -0.3 is 40.9 Å².